The zero-order chi connectivity index (χ0) is 16.4. The van der Waals surface area contributed by atoms with Crippen molar-refractivity contribution >= 4 is 17.6 Å². The van der Waals surface area contributed by atoms with Gasteiger partial charge in [-0.2, -0.15) is 0 Å². The van der Waals surface area contributed by atoms with E-state index in [1.165, 1.54) is 0 Å². The molecule has 2 aromatic carbocycles. The van der Waals surface area contributed by atoms with Gasteiger partial charge in [0.1, 0.15) is 5.75 Å². The van der Waals surface area contributed by atoms with Gasteiger partial charge in [-0.05, 0) is 56.7 Å². The fourth-order valence-electron chi connectivity index (χ4n) is 2.87. The third kappa shape index (κ3) is 3.42. The Labute approximate surface area is 135 Å². The maximum Gasteiger partial charge on any atom is 0.343 e. The summed E-state index contributed by atoms with van der Waals surface area (Å²) in [7, 11) is 0. The van der Waals surface area contributed by atoms with Crippen molar-refractivity contribution in [1.29, 1.82) is 0 Å². The van der Waals surface area contributed by atoms with E-state index in [4.69, 9.17) is 4.74 Å². The molecule has 0 saturated carbocycles. The average molecular weight is 309 g/mol. The number of amides is 1. The molecule has 1 saturated heterocycles. The fourth-order valence-corrected chi connectivity index (χ4v) is 2.87. The average Bonchev–Trinajstić information content (AvgIpc) is 2.93. The van der Waals surface area contributed by atoms with Crippen molar-refractivity contribution in [3.8, 4) is 5.75 Å². The summed E-state index contributed by atoms with van der Waals surface area (Å²) in [5, 5.41) is 0. The van der Waals surface area contributed by atoms with E-state index in [1.54, 1.807) is 17.0 Å². The van der Waals surface area contributed by atoms with Crippen LogP contribution in [0.4, 0.5) is 5.69 Å². The van der Waals surface area contributed by atoms with Gasteiger partial charge in [-0.3, -0.25) is 4.79 Å². The van der Waals surface area contributed by atoms with Crippen LogP contribution in [0.1, 0.15) is 34.3 Å². The zero-order valence-corrected chi connectivity index (χ0v) is 13.3. The predicted molar refractivity (Wildman–Crippen MR) is 88.9 cm³/mol. The highest BCUT2D eigenvalue weighted by Gasteiger charge is 2.21. The predicted octanol–water partition coefficient (Wildman–Crippen LogP) is 3.65. The van der Waals surface area contributed by atoms with Crippen LogP contribution in [0, 0.1) is 13.8 Å². The summed E-state index contributed by atoms with van der Waals surface area (Å²) < 4.78 is 5.41. The molecule has 0 unspecified atom stereocenters. The maximum atomic E-state index is 12.2. The molecule has 0 N–H and O–H groups in total. The Balaban J connectivity index is 1.72. The number of hydrogen-bond donors (Lipinski definition) is 0. The van der Waals surface area contributed by atoms with Crippen molar-refractivity contribution in [3.63, 3.8) is 0 Å². The molecular formula is C19H19NO3. The monoisotopic (exact) mass is 309 g/mol. The summed E-state index contributed by atoms with van der Waals surface area (Å²) in [6.07, 6.45) is 1.49. The first-order chi connectivity index (χ1) is 11.0. The molecule has 0 radical (unpaired) electrons. The minimum Gasteiger partial charge on any atom is -0.423 e. The second-order valence-electron chi connectivity index (χ2n) is 5.91. The molecule has 0 aromatic heterocycles. The molecule has 1 aliphatic heterocycles. The standard InChI is InChI=1S/C19H19NO3/c1-13-10-14(2)12-15(11-13)19(22)23-17-7-5-16(6-8-17)20-9-3-4-18(20)21/h5-8,10-12H,3-4,9H2,1-2H3. The summed E-state index contributed by atoms with van der Waals surface area (Å²) in [6, 6.07) is 12.7. The number of anilines is 1. The maximum absolute atomic E-state index is 12.2. The summed E-state index contributed by atoms with van der Waals surface area (Å²) in [4.78, 5) is 25.7. The Morgan fingerprint density at radius 2 is 1.70 bits per heavy atom. The Kier molecular flexibility index (Phi) is 4.15. The van der Waals surface area contributed by atoms with Gasteiger partial charge in [-0.15, -0.1) is 0 Å². The number of aryl methyl sites for hydroxylation is 2. The smallest absolute Gasteiger partial charge is 0.343 e. The van der Waals surface area contributed by atoms with Crippen molar-refractivity contribution in [3.05, 3.63) is 59.2 Å². The molecule has 1 fully saturated rings. The molecule has 118 valence electrons. The van der Waals surface area contributed by atoms with Crippen LogP contribution >= 0.6 is 0 Å². The van der Waals surface area contributed by atoms with Crippen molar-refractivity contribution < 1.29 is 14.3 Å². The van der Waals surface area contributed by atoms with Gasteiger partial charge in [-0.25, -0.2) is 4.79 Å². The lowest BCUT2D eigenvalue weighted by Gasteiger charge is -2.15. The van der Waals surface area contributed by atoms with E-state index in [0.29, 0.717) is 17.7 Å². The number of esters is 1. The van der Waals surface area contributed by atoms with Crippen LogP contribution in [0.3, 0.4) is 0 Å². The highest BCUT2D eigenvalue weighted by atomic mass is 16.5. The van der Waals surface area contributed by atoms with Crippen LogP contribution < -0.4 is 9.64 Å². The van der Waals surface area contributed by atoms with E-state index in [1.807, 2.05) is 44.2 Å². The summed E-state index contributed by atoms with van der Waals surface area (Å²) >= 11 is 0. The van der Waals surface area contributed by atoms with Crippen LogP contribution in [0.5, 0.6) is 5.75 Å². The van der Waals surface area contributed by atoms with Gasteiger partial charge < -0.3 is 9.64 Å². The molecule has 0 aliphatic carbocycles. The molecule has 0 bridgehead atoms. The molecule has 23 heavy (non-hydrogen) atoms. The number of hydrogen-bond acceptors (Lipinski definition) is 3. The number of rotatable bonds is 3. The highest BCUT2D eigenvalue weighted by molar-refractivity contribution is 5.95. The van der Waals surface area contributed by atoms with Gasteiger partial charge in [0.2, 0.25) is 5.91 Å². The minimum atomic E-state index is -0.373. The van der Waals surface area contributed by atoms with Crippen molar-refractivity contribution in [1.82, 2.24) is 0 Å². The number of nitrogens with zero attached hydrogens (tertiary/aromatic N) is 1. The number of carbonyl (C=O) groups is 2. The van der Waals surface area contributed by atoms with Gasteiger partial charge >= 0.3 is 5.97 Å². The topological polar surface area (TPSA) is 46.6 Å². The second kappa shape index (κ2) is 6.24. The number of benzene rings is 2. The lowest BCUT2D eigenvalue weighted by atomic mass is 10.1. The van der Waals surface area contributed by atoms with Crippen LogP contribution in [0.2, 0.25) is 0 Å². The fraction of sp³-hybridized carbons (Fsp3) is 0.263. The minimum absolute atomic E-state index is 0.144. The normalized spacial score (nSPS) is 14.2. The third-order valence-electron chi connectivity index (χ3n) is 3.89. The van der Waals surface area contributed by atoms with Crippen LogP contribution in [-0.2, 0) is 4.79 Å². The molecule has 4 heteroatoms. The van der Waals surface area contributed by atoms with E-state index >= 15 is 0 Å². The van der Waals surface area contributed by atoms with Gasteiger partial charge in [-0.1, -0.05) is 17.2 Å². The molecule has 4 nitrogen and oxygen atoms in total. The lowest BCUT2D eigenvalue weighted by Crippen LogP contribution is -2.23. The number of ether oxygens (including phenoxy) is 1. The first-order valence-corrected chi connectivity index (χ1v) is 7.74. The van der Waals surface area contributed by atoms with Crippen LogP contribution in [0.15, 0.2) is 42.5 Å². The largest absolute Gasteiger partial charge is 0.423 e. The molecule has 1 aliphatic rings. The third-order valence-corrected chi connectivity index (χ3v) is 3.89. The molecule has 1 amide bonds. The SMILES string of the molecule is Cc1cc(C)cc(C(=O)Oc2ccc(N3CCCC3=O)cc2)c1. The van der Waals surface area contributed by atoms with E-state index in [2.05, 4.69) is 0 Å². The van der Waals surface area contributed by atoms with E-state index in [0.717, 1.165) is 29.8 Å². The summed E-state index contributed by atoms with van der Waals surface area (Å²) in [5.74, 6) is 0.247. The van der Waals surface area contributed by atoms with Crippen LogP contribution in [-0.4, -0.2) is 18.4 Å². The van der Waals surface area contributed by atoms with E-state index in [-0.39, 0.29) is 11.9 Å². The van der Waals surface area contributed by atoms with Gasteiger partial charge in [0.25, 0.3) is 0 Å². The highest BCUT2D eigenvalue weighted by Crippen LogP contribution is 2.24. The first kappa shape index (κ1) is 15.3. The van der Waals surface area contributed by atoms with Crippen molar-refractivity contribution in [2.45, 2.75) is 26.7 Å². The van der Waals surface area contributed by atoms with E-state index in [9.17, 15) is 9.59 Å². The van der Waals surface area contributed by atoms with Gasteiger partial charge in [0, 0.05) is 18.7 Å². The number of carbonyl (C=O) groups excluding carboxylic acids is 2. The van der Waals surface area contributed by atoms with Gasteiger partial charge in [0.15, 0.2) is 0 Å². The Bertz CT molecular complexity index is 729. The van der Waals surface area contributed by atoms with Gasteiger partial charge in [0.05, 0.1) is 5.56 Å². The Hall–Kier alpha value is -2.62. The summed E-state index contributed by atoms with van der Waals surface area (Å²) in [6.45, 7) is 4.65. The Morgan fingerprint density at radius 1 is 1.04 bits per heavy atom. The lowest BCUT2D eigenvalue weighted by molar-refractivity contribution is -0.117. The van der Waals surface area contributed by atoms with Crippen molar-refractivity contribution in [2.75, 3.05) is 11.4 Å². The van der Waals surface area contributed by atoms with Crippen molar-refractivity contribution in [2.24, 2.45) is 0 Å². The molecule has 0 atom stereocenters. The molecule has 1 heterocycles. The molecule has 3 rings (SSSR count). The quantitative estimate of drug-likeness (QED) is 0.642. The first-order valence-electron chi connectivity index (χ1n) is 7.74. The Morgan fingerprint density at radius 3 is 2.26 bits per heavy atom. The summed E-state index contributed by atoms with van der Waals surface area (Å²) in [5.41, 5.74) is 3.44. The van der Waals surface area contributed by atoms with E-state index < -0.39 is 0 Å². The molecule has 0 spiro atoms. The second-order valence-corrected chi connectivity index (χ2v) is 5.91. The van der Waals surface area contributed by atoms with Crippen LogP contribution in [0.25, 0.3) is 0 Å². The molecule has 2 aromatic rings. The molecular weight excluding hydrogens is 290 g/mol. The zero-order valence-electron chi connectivity index (χ0n) is 13.3.